The lowest BCUT2D eigenvalue weighted by atomic mass is 10.1. The first kappa shape index (κ1) is 10.1. The van der Waals surface area contributed by atoms with E-state index >= 15 is 0 Å². The highest BCUT2D eigenvalue weighted by molar-refractivity contribution is 7.73. The Morgan fingerprint density at radius 1 is 1.33 bits per heavy atom. The minimum atomic E-state index is 0.0962. The maximum atomic E-state index is 9.59. The van der Waals surface area contributed by atoms with E-state index < -0.39 is 0 Å². The minimum absolute atomic E-state index is 0.0962. The summed E-state index contributed by atoms with van der Waals surface area (Å²) in [5.74, 6) is 0.0962. The maximum Gasteiger partial charge on any atom is 0.208 e. The lowest BCUT2D eigenvalue weighted by Gasteiger charge is -2.02. The zero-order valence-corrected chi connectivity index (χ0v) is 9.49. The van der Waals surface area contributed by atoms with Crippen molar-refractivity contribution < 1.29 is 5.11 Å². The van der Waals surface area contributed by atoms with Gasteiger partial charge in [-0.3, -0.25) is 0 Å². The second-order valence-corrected chi connectivity index (χ2v) is 4.72. The lowest BCUT2D eigenvalue weighted by Crippen LogP contribution is -1.82. The molecular formula is C11H9NOS2. The minimum Gasteiger partial charge on any atom is -0.494 e. The number of rotatable bonds is 2. The van der Waals surface area contributed by atoms with Gasteiger partial charge in [0, 0.05) is 0 Å². The summed E-state index contributed by atoms with van der Waals surface area (Å²) in [7, 11) is 0. The quantitative estimate of drug-likeness (QED) is 0.781. The van der Waals surface area contributed by atoms with E-state index in [9.17, 15) is 5.11 Å². The average molecular weight is 235 g/mol. The molecule has 2 nitrogen and oxygen atoms in total. The van der Waals surface area contributed by atoms with E-state index in [-0.39, 0.29) is 5.88 Å². The van der Waals surface area contributed by atoms with Gasteiger partial charge in [0.05, 0.1) is 4.88 Å². The van der Waals surface area contributed by atoms with Crippen molar-refractivity contribution >= 4 is 29.1 Å². The van der Waals surface area contributed by atoms with Crippen molar-refractivity contribution in [1.29, 1.82) is 0 Å². The molecule has 76 valence electrons. The van der Waals surface area contributed by atoms with Crippen molar-refractivity contribution in [3.8, 4) is 5.88 Å². The monoisotopic (exact) mass is 235 g/mol. The molecule has 2 N–H and O–H groups in total. The van der Waals surface area contributed by atoms with Gasteiger partial charge >= 0.3 is 0 Å². The van der Waals surface area contributed by atoms with Gasteiger partial charge < -0.3 is 10.1 Å². The van der Waals surface area contributed by atoms with Crippen LogP contribution in [0.1, 0.15) is 10.4 Å². The Bertz CT molecular complexity index is 539. The molecule has 0 fully saturated rings. The smallest absolute Gasteiger partial charge is 0.208 e. The van der Waals surface area contributed by atoms with E-state index in [1.165, 1.54) is 11.3 Å². The number of hydrogen-bond donors (Lipinski definition) is 2. The summed E-state index contributed by atoms with van der Waals surface area (Å²) >= 11 is 6.28. The average Bonchev–Trinajstić information content (AvgIpc) is 2.58. The molecule has 0 spiro atoms. The van der Waals surface area contributed by atoms with Gasteiger partial charge in [-0.2, -0.15) is 0 Å². The number of aromatic hydroxyl groups is 1. The number of thiazole rings is 1. The summed E-state index contributed by atoms with van der Waals surface area (Å²) < 4.78 is 0.555. The second kappa shape index (κ2) is 4.00. The van der Waals surface area contributed by atoms with Crippen LogP contribution in [-0.2, 0) is 0 Å². The lowest BCUT2D eigenvalue weighted by molar-refractivity contribution is 0.455. The van der Waals surface area contributed by atoms with E-state index in [1.807, 2.05) is 30.3 Å². The standard InChI is InChI=1S/C11H9NOS2/c1-7(8-5-3-2-4-6-8)9-10(13)12-11(14)15-9/h2-6,13H,1H2,(H,12,14). The summed E-state index contributed by atoms with van der Waals surface area (Å²) in [6.07, 6.45) is 0. The number of H-pyrrole nitrogens is 1. The van der Waals surface area contributed by atoms with Crippen LogP contribution in [0.3, 0.4) is 0 Å². The Hall–Kier alpha value is -1.39. The predicted molar refractivity (Wildman–Crippen MR) is 65.7 cm³/mol. The van der Waals surface area contributed by atoms with Gasteiger partial charge in [0.25, 0.3) is 0 Å². The molecule has 0 amide bonds. The topological polar surface area (TPSA) is 36.0 Å². The number of benzene rings is 1. The number of aromatic amines is 1. The van der Waals surface area contributed by atoms with Crippen LogP contribution in [0.25, 0.3) is 5.57 Å². The Morgan fingerprint density at radius 2 is 2.00 bits per heavy atom. The van der Waals surface area contributed by atoms with Gasteiger partial charge in [0.1, 0.15) is 0 Å². The van der Waals surface area contributed by atoms with E-state index in [0.717, 1.165) is 11.1 Å². The number of aromatic nitrogens is 1. The molecule has 0 atom stereocenters. The summed E-state index contributed by atoms with van der Waals surface area (Å²) in [6, 6.07) is 9.71. The number of hydrogen-bond acceptors (Lipinski definition) is 3. The third kappa shape index (κ3) is 2.00. The molecule has 0 saturated carbocycles. The van der Waals surface area contributed by atoms with Crippen molar-refractivity contribution in [1.82, 2.24) is 4.98 Å². The number of nitrogens with one attached hydrogen (secondary N) is 1. The van der Waals surface area contributed by atoms with Crippen LogP contribution in [0.5, 0.6) is 5.88 Å². The van der Waals surface area contributed by atoms with E-state index in [0.29, 0.717) is 8.83 Å². The molecule has 0 aliphatic carbocycles. The van der Waals surface area contributed by atoms with Crippen LogP contribution < -0.4 is 0 Å². The fourth-order valence-corrected chi connectivity index (χ4v) is 2.36. The second-order valence-electron chi connectivity index (χ2n) is 3.04. The first-order valence-electron chi connectivity index (χ1n) is 4.35. The Balaban J connectivity index is 2.46. The zero-order chi connectivity index (χ0) is 10.8. The van der Waals surface area contributed by atoms with Gasteiger partial charge in [-0.05, 0) is 23.4 Å². The molecule has 0 unspecified atom stereocenters. The zero-order valence-electron chi connectivity index (χ0n) is 7.86. The Kier molecular flexibility index (Phi) is 2.70. The van der Waals surface area contributed by atoms with E-state index in [4.69, 9.17) is 12.2 Å². The Morgan fingerprint density at radius 3 is 2.53 bits per heavy atom. The van der Waals surface area contributed by atoms with Gasteiger partial charge in [-0.1, -0.05) is 36.9 Å². The van der Waals surface area contributed by atoms with Crippen LogP contribution in [-0.4, -0.2) is 10.1 Å². The molecule has 2 aromatic rings. The first-order valence-corrected chi connectivity index (χ1v) is 5.57. The van der Waals surface area contributed by atoms with Crippen LogP contribution in [0.4, 0.5) is 0 Å². The van der Waals surface area contributed by atoms with Gasteiger partial charge in [0.15, 0.2) is 3.95 Å². The van der Waals surface area contributed by atoms with E-state index in [1.54, 1.807) is 0 Å². The van der Waals surface area contributed by atoms with Gasteiger partial charge in [-0.25, -0.2) is 0 Å². The van der Waals surface area contributed by atoms with Crippen molar-refractivity contribution in [2.24, 2.45) is 0 Å². The van der Waals surface area contributed by atoms with Crippen LogP contribution in [0.2, 0.25) is 0 Å². The molecule has 0 aliphatic heterocycles. The molecule has 1 heterocycles. The van der Waals surface area contributed by atoms with Crippen molar-refractivity contribution in [2.45, 2.75) is 0 Å². The molecule has 1 aromatic heterocycles. The Labute approximate surface area is 96.5 Å². The molecule has 0 bridgehead atoms. The van der Waals surface area contributed by atoms with Gasteiger partial charge in [0.2, 0.25) is 5.88 Å². The molecule has 2 rings (SSSR count). The van der Waals surface area contributed by atoms with Crippen molar-refractivity contribution in [3.63, 3.8) is 0 Å². The van der Waals surface area contributed by atoms with Gasteiger partial charge in [-0.15, -0.1) is 11.3 Å². The molecule has 1 aromatic carbocycles. The third-order valence-electron chi connectivity index (χ3n) is 2.03. The molecule has 0 saturated heterocycles. The highest BCUT2D eigenvalue weighted by Gasteiger charge is 2.10. The summed E-state index contributed by atoms with van der Waals surface area (Å²) in [4.78, 5) is 3.39. The van der Waals surface area contributed by atoms with Crippen LogP contribution in [0.15, 0.2) is 36.9 Å². The highest BCUT2D eigenvalue weighted by Crippen LogP contribution is 2.32. The fourth-order valence-electron chi connectivity index (χ4n) is 1.29. The van der Waals surface area contributed by atoms with E-state index in [2.05, 4.69) is 11.6 Å². The van der Waals surface area contributed by atoms with Crippen molar-refractivity contribution in [3.05, 3.63) is 51.3 Å². The van der Waals surface area contributed by atoms with Crippen molar-refractivity contribution in [2.75, 3.05) is 0 Å². The fraction of sp³-hybridized carbons (Fsp3) is 0. The third-order valence-corrected chi connectivity index (χ3v) is 3.31. The normalized spacial score (nSPS) is 10.1. The predicted octanol–water partition coefficient (Wildman–Crippen LogP) is 3.57. The summed E-state index contributed by atoms with van der Waals surface area (Å²) in [5.41, 5.74) is 1.77. The highest BCUT2D eigenvalue weighted by atomic mass is 32.1. The van der Waals surface area contributed by atoms with Crippen LogP contribution in [0, 0.1) is 3.95 Å². The summed E-state index contributed by atoms with van der Waals surface area (Å²) in [5, 5.41) is 9.59. The maximum absolute atomic E-state index is 9.59. The largest absolute Gasteiger partial charge is 0.494 e. The first-order chi connectivity index (χ1) is 7.18. The molecule has 0 radical (unpaired) electrons. The summed E-state index contributed by atoms with van der Waals surface area (Å²) in [6.45, 7) is 3.95. The molecule has 15 heavy (non-hydrogen) atoms. The van der Waals surface area contributed by atoms with Crippen LogP contribution >= 0.6 is 23.6 Å². The SMILES string of the molecule is C=C(c1ccccc1)c1sc(=S)[nH]c1O. The molecule has 0 aliphatic rings. The molecule has 4 heteroatoms. The molecular weight excluding hydrogens is 226 g/mol.